The SMILES string of the molecule is CCCCCCCCCCCCCCCCCC(=O)ON(CCCCCCN=C(N)N)C(=N)N. The molecule has 0 rings (SSSR count). The molecule has 0 saturated heterocycles. The second-order valence-corrected chi connectivity index (χ2v) is 9.37. The number of guanidine groups is 2. The first-order chi connectivity index (χ1) is 16.5. The van der Waals surface area contributed by atoms with Gasteiger partial charge < -0.3 is 22.0 Å². The van der Waals surface area contributed by atoms with E-state index in [0.29, 0.717) is 19.5 Å². The van der Waals surface area contributed by atoms with E-state index in [1.807, 2.05) is 0 Å². The van der Waals surface area contributed by atoms with Gasteiger partial charge in [0.15, 0.2) is 5.96 Å². The van der Waals surface area contributed by atoms with Crippen molar-refractivity contribution in [3.63, 3.8) is 0 Å². The maximum absolute atomic E-state index is 12.1. The molecule has 8 heteroatoms. The average molecular weight is 483 g/mol. The lowest BCUT2D eigenvalue weighted by atomic mass is 10.0. The molecule has 200 valence electrons. The Balaban J connectivity index is 3.57. The molecule has 0 fully saturated rings. The van der Waals surface area contributed by atoms with Gasteiger partial charge in [0.1, 0.15) is 0 Å². The van der Waals surface area contributed by atoms with Crippen molar-refractivity contribution in [2.45, 2.75) is 135 Å². The Labute approximate surface area is 208 Å². The van der Waals surface area contributed by atoms with E-state index in [-0.39, 0.29) is 17.9 Å². The summed E-state index contributed by atoms with van der Waals surface area (Å²) in [5, 5.41) is 8.81. The zero-order valence-corrected chi connectivity index (χ0v) is 22.0. The summed E-state index contributed by atoms with van der Waals surface area (Å²) in [4.78, 5) is 21.3. The van der Waals surface area contributed by atoms with Gasteiger partial charge in [-0.15, -0.1) is 0 Å². The summed E-state index contributed by atoms with van der Waals surface area (Å²) in [7, 11) is 0. The summed E-state index contributed by atoms with van der Waals surface area (Å²) in [6, 6.07) is 0. The van der Waals surface area contributed by atoms with E-state index < -0.39 is 0 Å². The zero-order valence-electron chi connectivity index (χ0n) is 22.0. The number of nitrogens with zero attached hydrogens (tertiary/aromatic N) is 2. The Morgan fingerprint density at radius 3 is 1.62 bits per heavy atom. The standard InChI is InChI=1S/C26H54N6O2/c1-2-3-4-5-6-7-8-9-10-11-12-13-14-15-18-21-24(33)34-32(26(29)30)23-20-17-16-19-22-31-25(27)28/h2-23H2,1H3,(H3,29,30)(H4,27,28,31). The number of nitrogens with two attached hydrogens (primary N) is 3. The predicted molar refractivity (Wildman–Crippen MR) is 143 cm³/mol. The molecule has 7 N–H and O–H groups in total. The molecule has 0 aliphatic rings. The van der Waals surface area contributed by atoms with Crippen molar-refractivity contribution in [3.05, 3.63) is 0 Å². The molecular weight excluding hydrogens is 428 g/mol. The van der Waals surface area contributed by atoms with Crippen LogP contribution in [0.4, 0.5) is 0 Å². The summed E-state index contributed by atoms with van der Waals surface area (Å²) in [6.45, 7) is 3.32. The van der Waals surface area contributed by atoms with E-state index in [2.05, 4.69) is 11.9 Å². The maximum atomic E-state index is 12.1. The van der Waals surface area contributed by atoms with Gasteiger partial charge in [0.25, 0.3) is 0 Å². The Morgan fingerprint density at radius 2 is 1.15 bits per heavy atom. The van der Waals surface area contributed by atoms with Gasteiger partial charge >= 0.3 is 5.97 Å². The molecule has 34 heavy (non-hydrogen) atoms. The van der Waals surface area contributed by atoms with Crippen LogP contribution in [-0.2, 0) is 9.63 Å². The van der Waals surface area contributed by atoms with Crippen molar-refractivity contribution in [1.82, 2.24) is 5.06 Å². The van der Waals surface area contributed by atoms with Crippen molar-refractivity contribution < 1.29 is 9.63 Å². The molecule has 0 saturated carbocycles. The average Bonchev–Trinajstić information content (AvgIpc) is 2.79. The normalized spacial score (nSPS) is 10.7. The summed E-state index contributed by atoms with van der Waals surface area (Å²) >= 11 is 0. The summed E-state index contributed by atoms with van der Waals surface area (Å²) in [5.41, 5.74) is 16.1. The van der Waals surface area contributed by atoms with E-state index in [4.69, 9.17) is 27.4 Å². The largest absolute Gasteiger partial charge is 0.370 e. The molecule has 0 aliphatic heterocycles. The fraction of sp³-hybridized carbons (Fsp3) is 0.885. The minimum Gasteiger partial charge on any atom is -0.370 e. The number of hydrogen-bond acceptors (Lipinski definition) is 4. The topological polar surface area (TPSA) is 144 Å². The van der Waals surface area contributed by atoms with Gasteiger partial charge in [-0.3, -0.25) is 10.4 Å². The number of carbonyl (C=O) groups excluding carboxylic acids is 1. The Morgan fingerprint density at radius 1 is 0.706 bits per heavy atom. The van der Waals surface area contributed by atoms with Crippen LogP contribution in [0.5, 0.6) is 0 Å². The number of carbonyl (C=O) groups is 1. The Kier molecular flexibility index (Phi) is 22.7. The minimum atomic E-state index is -0.308. The molecule has 0 aromatic rings. The molecule has 0 aromatic heterocycles. The van der Waals surface area contributed by atoms with Crippen molar-refractivity contribution in [3.8, 4) is 0 Å². The second-order valence-electron chi connectivity index (χ2n) is 9.37. The van der Waals surface area contributed by atoms with Gasteiger partial charge in [-0.05, 0) is 19.3 Å². The maximum Gasteiger partial charge on any atom is 0.332 e. The van der Waals surface area contributed by atoms with E-state index in [1.54, 1.807) is 0 Å². The van der Waals surface area contributed by atoms with Gasteiger partial charge in [-0.2, -0.15) is 5.06 Å². The number of unbranched alkanes of at least 4 members (excludes halogenated alkanes) is 17. The summed E-state index contributed by atoms with van der Waals surface area (Å²) in [6.07, 6.45) is 23.4. The van der Waals surface area contributed by atoms with Crippen LogP contribution in [0, 0.1) is 5.41 Å². The fourth-order valence-corrected chi connectivity index (χ4v) is 3.95. The highest BCUT2D eigenvalue weighted by molar-refractivity contribution is 5.77. The first-order valence-corrected chi connectivity index (χ1v) is 13.8. The van der Waals surface area contributed by atoms with Crippen molar-refractivity contribution in [1.29, 1.82) is 5.41 Å². The molecule has 0 radical (unpaired) electrons. The van der Waals surface area contributed by atoms with E-state index in [0.717, 1.165) is 38.5 Å². The molecule has 0 aromatic carbocycles. The van der Waals surface area contributed by atoms with Crippen molar-refractivity contribution in [2.24, 2.45) is 22.2 Å². The zero-order chi connectivity index (χ0) is 25.3. The van der Waals surface area contributed by atoms with Crippen molar-refractivity contribution in [2.75, 3.05) is 13.1 Å². The van der Waals surface area contributed by atoms with Crippen LogP contribution < -0.4 is 17.2 Å². The van der Waals surface area contributed by atoms with Crippen LogP contribution >= 0.6 is 0 Å². The van der Waals surface area contributed by atoms with Crippen LogP contribution in [0.1, 0.15) is 135 Å². The third-order valence-corrected chi connectivity index (χ3v) is 6.03. The molecule has 0 spiro atoms. The van der Waals surface area contributed by atoms with Gasteiger partial charge in [0, 0.05) is 13.0 Å². The highest BCUT2D eigenvalue weighted by atomic mass is 16.7. The fourth-order valence-electron chi connectivity index (χ4n) is 3.95. The molecule has 8 nitrogen and oxygen atoms in total. The predicted octanol–water partition coefficient (Wildman–Crippen LogP) is 5.74. The van der Waals surface area contributed by atoms with Crippen LogP contribution in [0.3, 0.4) is 0 Å². The van der Waals surface area contributed by atoms with Crippen LogP contribution in [0.15, 0.2) is 4.99 Å². The lowest BCUT2D eigenvalue weighted by Gasteiger charge is -2.20. The second kappa shape index (κ2) is 24.1. The number of nitrogens with one attached hydrogen (secondary N) is 1. The number of aliphatic imine (C=N–C) groups is 1. The van der Waals surface area contributed by atoms with Crippen molar-refractivity contribution >= 4 is 17.9 Å². The first-order valence-electron chi connectivity index (χ1n) is 13.8. The molecule has 0 amide bonds. The van der Waals surface area contributed by atoms with E-state index >= 15 is 0 Å². The lowest BCUT2D eigenvalue weighted by molar-refractivity contribution is -0.173. The monoisotopic (exact) mass is 482 g/mol. The summed E-state index contributed by atoms with van der Waals surface area (Å²) in [5.74, 6) is -0.424. The summed E-state index contributed by atoms with van der Waals surface area (Å²) < 4.78 is 0. The quantitative estimate of drug-likeness (QED) is 0.0633. The Bertz CT molecular complexity index is 523. The number of hydrogen-bond donors (Lipinski definition) is 4. The smallest absolute Gasteiger partial charge is 0.332 e. The van der Waals surface area contributed by atoms with E-state index in [1.165, 1.54) is 88.5 Å². The first kappa shape index (κ1) is 32.0. The van der Waals surface area contributed by atoms with Crippen LogP contribution in [-0.4, -0.2) is 36.0 Å². The third kappa shape index (κ3) is 23.2. The van der Waals surface area contributed by atoms with E-state index in [9.17, 15) is 4.79 Å². The molecule has 0 aliphatic carbocycles. The third-order valence-electron chi connectivity index (χ3n) is 6.03. The molecule has 0 heterocycles. The number of rotatable bonds is 23. The lowest BCUT2D eigenvalue weighted by Crippen LogP contribution is -2.39. The van der Waals surface area contributed by atoms with Crippen LogP contribution in [0.25, 0.3) is 0 Å². The highest BCUT2D eigenvalue weighted by Gasteiger charge is 2.13. The van der Waals surface area contributed by atoms with Gasteiger partial charge in [0.2, 0.25) is 5.96 Å². The molecule has 0 atom stereocenters. The number of hydroxylamine groups is 2. The Hall–Kier alpha value is -1.99. The molecular formula is C26H54N6O2. The molecule has 0 unspecified atom stereocenters. The van der Waals surface area contributed by atoms with Crippen LogP contribution in [0.2, 0.25) is 0 Å². The molecule has 0 bridgehead atoms. The highest BCUT2D eigenvalue weighted by Crippen LogP contribution is 2.14. The van der Waals surface area contributed by atoms with Gasteiger partial charge in [-0.1, -0.05) is 110 Å². The minimum absolute atomic E-state index is 0.115. The van der Waals surface area contributed by atoms with Gasteiger partial charge in [-0.25, -0.2) is 4.79 Å². The van der Waals surface area contributed by atoms with Gasteiger partial charge in [0.05, 0.1) is 6.54 Å².